The van der Waals surface area contributed by atoms with E-state index >= 15 is 0 Å². The molecule has 1 unspecified atom stereocenters. The maximum atomic E-state index is 5.65. The molecule has 1 aliphatic rings. The van der Waals surface area contributed by atoms with E-state index in [1.165, 1.54) is 37.9 Å². The van der Waals surface area contributed by atoms with E-state index in [9.17, 15) is 0 Å². The molecule has 94 valence electrons. The van der Waals surface area contributed by atoms with Crippen molar-refractivity contribution in [3.63, 3.8) is 0 Å². The van der Waals surface area contributed by atoms with Crippen molar-refractivity contribution in [2.45, 2.75) is 31.7 Å². The molecule has 0 radical (unpaired) electrons. The van der Waals surface area contributed by atoms with E-state index in [4.69, 9.17) is 5.73 Å². The predicted octanol–water partition coefficient (Wildman–Crippen LogP) is 3.32. The van der Waals surface area contributed by atoms with Gasteiger partial charge in [-0.25, -0.2) is 0 Å². The topological polar surface area (TPSA) is 29.3 Å². The maximum absolute atomic E-state index is 5.65. The van der Waals surface area contributed by atoms with Gasteiger partial charge in [-0.2, -0.15) is 0 Å². The summed E-state index contributed by atoms with van der Waals surface area (Å²) in [4.78, 5) is 2.61. The van der Waals surface area contributed by atoms with Crippen LogP contribution in [0.25, 0.3) is 0 Å². The van der Waals surface area contributed by atoms with Crippen LogP contribution in [0.1, 0.15) is 37.3 Å². The van der Waals surface area contributed by atoms with E-state index in [0.29, 0.717) is 6.04 Å². The smallest absolute Gasteiger partial charge is 0.0348 e. The molecule has 0 aromatic heterocycles. The summed E-state index contributed by atoms with van der Waals surface area (Å²) in [5.74, 6) is 0. The van der Waals surface area contributed by atoms with E-state index in [1.807, 2.05) is 0 Å². The van der Waals surface area contributed by atoms with Crippen LogP contribution in [0.5, 0.6) is 0 Å². The second kappa shape index (κ2) is 6.53. The van der Waals surface area contributed by atoms with Crippen molar-refractivity contribution in [3.8, 4) is 0 Å². The van der Waals surface area contributed by atoms with Gasteiger partial charge in [-0.05, 0) is 63.0 Å². The molecule has 17 heavy (non-hydrogen) atoms. The van der Waals surface area contributed by atoms with Gasteiger partial charge in [-0.15, -0.1) is 0 Å². The minimum atomic E-state index is 0.564. The van der Waals surface area contributed by atoms with E-state index in [0.717, 1.165) is 17.4 Å². The molecule has 2 N–H and O–H groups in total. The number of nitrogens with zero attached hydrogens (tertiary/aromatic N) is 1. The van der Waals surface area contributed by atoms with E-state index in [-0.39, 0.29) is 0 Å². The number of halogens is 1. The summed E-state index contributed by atoms with van der Waals surface area (Å²) in [5, 5.41) is 0. The van der Waals surface area contributed by atoms with Gasteiger partial charge >= 0.3 is 0 Å². The highest BCUT2D eigenvalue weighted by Crippen LogP contribution is 2.29. The molecule has 1 heterocycles. The number of benzene rings is 1. The van der Waals surface area contributed by atoms with Crippen molar-refractivity contribution in [1.82, 2.24) is 4.90 Å². The molecule has 1 aromatic rings. The van der Waals surface area contributed by atoms with Gasteiger partial charge in [-0.1, -0.05) is 28.1 Å². The number of hydrogen-bond acceptors (Lipinski definition) is 2. The van der Waals surface area contributed by atoms with Gasteiger partial charge in [0.25, 0.3) is 0 Å². The van der Waals surface area contributed by atoms with Gasteiger partial charge in [0.05, 0.1) is 0 Å². The van der Waals surface area contributed by atoms with Crippen molar-refractivity contribution < 1.29 is 0 Å². The highest BCUT2D eigenvalue weighted by atomic mass is 79.9. The lowest BCUT2D eigenvalue weighted by atomic mass is 10.0. The Kier molecular flexibility index (Phi) is 5.01. The summed E-state index contributed by atoms with van der Waals surface area (Å²) in [7, 11) is 0. The van der Waals surface area contributed by atoms with Crippen LogP contribution < -0.4 is 5.73 Å². The third kappa shape index (κ3) is 3.54. The zero-order valence-electron chi connectivity index (χ0n) is 10.2. The van der Waals surface area contributed by atoms with Gasteiger partial charge in [0.1, 0.15) is 0 Å². The Morgan fingerprint density at radius 2 is 1.82 bits per heavy atom. The summed E-state index contributed by atoms with van der Waals surface area (Å²) in [5.41, 5.74) is 7.09. The van der Waals surface area contributed by atoms with Crippen molar-refractivity contribution in [2.24, 2.45) is 5.73 Å². The van der Waals surface area contributed by atoms with E-state index in [1.54, 1.807) is 0 Å². The molecule has 1 atom stereocenters. The zero-order valence-corrected chi connectivity index (χ0v) is 11.8. The molecule has 0 amide bonds. The van der Waals surface area contributed by atoms with Crippen molar-refractivity contribution >= 4 is 15.9 Å². The van der Waals surface area contributed by atoms with Gasteiger partial charge in [-0.3, -0.25) is 4.90 Å². The molecule has 3 heteroatoms. The van der Waals surface area contributed by atoms with Crippen LogP contribution in [0.2, 0.25) is 0 Å². The largest absolute Gasteiger partial charge is 0.330 e. The maximum Gasteiger partial charge on any atom is 0.0348 e. The Labute approximate surface area is 112 Å². The summed E-state index contributed by atoms with van der Waals surface area (Å²) in [6.45, 7) is 3.28. The van der Waals surface area contributed by atoms with Crippen molar-refractivity contribution in [3.05, 3.63) is 34.3 Å². The standard InChI is InChI=1S/C14H21BrN2/c15-13-7-5-12(6-8-13)14(4-3-9-16)17-10-1-2-11-17/h5-8,14H,1-4,9-11,16H2. The van der Waals surface area contributed by atoms with Crippen molar-refractivity contribution in [1.29, 1.82) is 0 Å². The first-order valence-corrected chi connectivity index (χ1v) is 7.30. The molecule has 1 saturated heterocycles. The summed E-state index contributed by atoms with van der Waals surface area (Å²) >= 11 is 3.50. The lowest BCUT2D eigenvalue weighted by Gasteiger charge is -2.28. The fourth-order valence-electron chi connectivity index (χ4n) is 2.61. The summed E-state index contributed by atoms with van der Waals surface area (Å²) in [6.07, 6.45) is 4.97. The van der Waals surface area contributed by atoms with Gasteiger partial charge in [0.2, 0.25) is 0 Å². The van der Waals surface area contributed by atoms with Crippen LogP contribution >= 0.6 is 15.9 Å². The average molecular weight is 297 g/mol. The first-order chi connectivity index (χ1) is 8.31. The molecule has 0 saturated carbocycles. The Bertz CT molecular complexity index is 331. The Morgan fingerprint density at radius 3 is 2.41 bits per heavy atom. The van der Waals surface area contributed by atoms with Crippen LogP contribution in [0.4, 0.5) is 0 Å². The van der Waals surface area contributed by atoms with Crippen LogP contribution in [0.15, 0.2) is 28.7 Å². The lowest BCUT2D eigenvalue weighted by molar-refractivity contribution is 0.231. The van der Waals surface area contributed by atoms with Gasteiger partial charge < -0.3 is 5.73 Å². The molecule has 2 nitrogen and oxygen atoms in total. The van der Waals surface area contributed by atoms with E-state index < -0.39 is 0 Å². The zero-order chi connectivity index (χ0) is 12.1. The van der Waals surface area contributed by atoms with Crippen LogP contribution in [0.3, 0.4) is 0 Å². The quantitative estimate of drug-likeness (QED) is 0.903. The lowest BCUT2D eigenvalue weighted by Crippen LogP contribution is -2.26. The first kappa shape index (κ1) is 13.1. The number of likely N-dealkylation sites (tertiary alicyclic amines) is 1. The number of rotatable bonds is 5. The molecule has 0 aliphatic carbocycles. The SMILES string of the molecule is NCCCC(c1ccc(Br)cc1)N1CCCC1. The van der Waals surface area contributed by atoms with Crippen molar-refractivity contribution in [2.75, 3.05) is 19.6 Å². The molecule has 2 rings (SSSR count). The van der Waals surface area contributed by atoms with E-state index in [2.05, 4.69) is 45.1 Å². The second-order valence-electron chi connectivity index (χ2n) is 4.74. The molecule has 0 bridgehead atoms. The average Bonchev–Trinajstić information content (AvgIpc) is 2.85. The Balaban J connectivity index is 2.10. The Morgan fingerprint density at radius 1 is 1.18 bits per heavy atom. The highest BCUT2D eigenvalue weighted by Gasteiger charge is 2.22. The van der Waals surface area contributed by atoms with Crippen LogP contribution in [-0.2, 0) is 0 Å². The normalized spacial score (nSPS) is 18.5. The summed E-state index contributed by atoms with van der Waals surface area (Å²) in [6, 6.07) is 9.32. The molecular weight excluding hydrogens is 276 g/mol. The first-order valence-electron chi connectivity index (χ1n) is 6.51. The minimum Gasteiger partial charge on any atom is -0.330 e. The monoisotopic (exact) mass is 296 g/mol. The van der Waals surface area contributed by atoms with Crippen LogP contribution in [0, 0.1) is 0 Å². The van der Waals surface area contributed by atoms with Crippen LogP contribution in [-0.4, -0.2) is 24.5 Å². The molecule has 1 aliphatic heterocycles. The molecule has 1 aromatic carbocycles. The third-order valence-electron chi connectivity index (χ3n) is 3.52. The fraction of sp³-hybridized carbons (Fsp3) is 0.571. The molecule has 0 spiro atoms. The predicted molar refractivity (Wildman–Crippen MR) is 76.0 cm³/mol. The number of nitrogens with two attached hydrogens (primary N) is 1. The molecule has 1 fully saturated rings. The highest BCUT2D eigenvalue weighted by molar-refractivity contribution is 9.10. The Hall–Kier alpha value is -0.380. The second-order valence-corrected chi connectivity index (χ2v) is 5.66. The molecular formula is C14H21BrN2. The number of hydrogen-bond donors (Lipinski definition) is 1. The third-order valence-corrected chi connectivity index (χ3v) is 4.05. The minimum absolute atomic E-state index is 0.564. The fourth-order valence-corrected chi connectivity index (χ4v) is 2.87. The van der Waals surface area contributed by atoms with Gasteiger partial charge in [0, 0.05) is 10.5 Å². The van der Waals surface area contributed by atoms with Gasteiger partial charge in [0.15, 0.2) is 0 Å². The summed E-state index contributed by atoms with van der Waals surface area (Å²) < 4.78 is 1.15.